The Labute approximate surface area is 139 Å². The first-order chi connectivity index (χ1) is 11.0. The molecule has 2 aliphatic heterocycles. The van der Waals surface area contributed by atoms with Gasteiger partial charge in [0.2, 0.25) is 11.8 Å². The SMILES string of the molecule is CCCC1(COC)CCCN1CC(=O)N1CCN(C(C)=O)CC1. The van der Waals surface area contributed by atoms with Crippen LogP contribution in [0.3, 0.4) is 0 Å². The lowest BCUT2D eigenvalue weighted by atomic mass is 9.91. The minimum Gasteiger partial charge on any atom is -0.383 e. The number of likely N-dealkylation sites (tertiary alicyclic amines) is 1. The summed E-state index contributed by atoms with van der Waals surface area (Å²) in [6, 6.07) is 0. The van der Waals surface area contributed by atoms with Gasteiger partial charge in [0.15, 0.2) is 0 Å². The number of hydrogen-bond donors (Lipinski definition) is 0. The van der Waals surface area contributed by atoms with Gasteiger partial charge in [0.05, 0.1) is 13.2 Å². The van der Waals surface area contributed by atoms with Crippen LogP contribution in [0.2, 0.25) is 0 Å². The number of piperazine rings is 1. The average molecular weight is 325 g/mol. The number of hydrogen-bond acceptors (Lipinski definition) is 4. The van der Waals surface area contributed by atoms with Crippen molar-refractivity contribution in [1.29, 1.82) is 0 Å². The van der Waals surface area contributed by atoms with E-state index in [1.807, 2.05) is 9.80 Å². The molecule has 0 saturated carbocycles. The molecule has 0 spiro atoms. The molecular formula is C17H31N3O3. The molecule has 0 aromatic carbocycles. The average Bonchev–Trinajstić information content (AvgIpc) is 2.90. The van der Waals surface area contributed by atoms with Gasteiger partial charge in [-0.1, -0.05) is 13.3 Å². The van der Waals surface area contributed by atoms with Gasteiger partial charge < -0.3 is 14.5 Å². The predicted octanol–water partition coefficient (Wildman–Crippen LogP) is 0.958. The van der Waals surface area contributed by atoms with E-state index in [4.69, 9.17) is 4.74 Å². The highest BCUT2D eigenvalue weighted by atomic mass is 16.5. The lowest BCUT2D eigenvalue weighted by Crippen LogP contribution is -2.55. The second-order valence-corrected chi connectivity index (χ2v) is 6.82. The molecule has 2 saturated heterocycles. The van der Waals surface area contributed by atoms with Crippen LogP contribution in [0.15, 0.2) is 0 Å². The number of methoxy groups -OCH3 is 1. The third kappa shape index (κ3) is 4.23. The molecule has 0 aliphatic carbocycles. The molecule has 1 unspecified atom stereocenters. The summed E-state index contributed by atoms with van der Waals surface area (Å²) in [4.78, 5) is 30.1. The van der Waals surface area contributed by atoms with Crippen molar-refractivity contribution in [2.75, 3.05) is 53.0 Å². The fourth-order valence-electron chi connectivity index (χ4n) is 4.03. The van der Waals surface area contributed by atoms with Crippen LogP contribution in [-0.4, -0.2) is 85.0 Å². The van der Waals surface area contributed by atoms with Crippen LogP contribution in [0, 0.1) is 0 Å². The van der Waals surface area contributed by atoms with Crippen molar-refractivity contribution in [3.8, 4) is 0 Å². The van der Waals surface area contributed by atoms with Crippen molar-refractivity contribution in [1.82, 2.24) is 14.7 Å². The second-order valence-electron chi connectivity index (χ2n) is 6.82. The van der Waals surface area contributed by atoms with Gasteiger partial charge >= 0.3 is 0 Å². The van der Waals surface area contributed by atoms with Crippen molar-refractivity contribution in [2.24, 2.45) is 0 Å². The summed E-state index contributed by atoms with van der Waals surface area (Å²) in [7, 11) is 1.75. The number of nitrogens with zero attached hydrogens (tertiary/aromatic N) is 3. The second kappa shape index (κ2) is 8.11. The van der Waals surface area contributed by atoms with Crippen molar-refractivity contribution in [2.45, 2.75) is 45.1 Å². The van der Waals surface area contributed by atoms with Crippen LogP contribution in [0.5, 0.6) is 0 Å². The Morgan fingerprint density at radius 2 is 1.74 bits per heavy atom. The molecule has 2 heterocycles. The monoisotopic (exact) mass is 325 g/mol. The predicted molar refractivity (Wildman–Crippen MR) is 89.2 cm³/mol. The molecule has 2 fully saturated rings. The molecule has 1 atom stereocenters. The quantitative estimate of drug-likeness (QED) is 0.730. The Hall–Kier alpha value is -1.14. The van der Waals surface area contributed by atoms with Gasteiger partial charge in [-0.25, -0.2) is 0 Å². The lowest BCUT2D eigenvalue weighted by molar-refractivity contribution is -0.140. The molecule has 2 aliphatic rings. The van der Waals surface area contributed by atoms with Crippen LogP contribution in [0.25, 0.3) is 0 Å². The van der Waals surface area contributed by atoms with Crippen molar-refractivity contribution in [3.63, 3.8) is 0 Å². The summed E-state index contributed by atoms with van der Waals surface area (Å²) < 4.78 is 5.47. The van der Waals surface area contributed by atoms with Gasteiger partial charge in [-0.05, 0) is 25.8 Å². The maximum absolute atomic E-state index is 12.7. The van der Waals surface area contributed by atoms with Crippen LogP contribution in [0.1, 0.15) is 39.5 Å². The summed E-state index contributed by atoms with van der Waals surface area (Å²) in [5.41, 5.74) is 0.0281. The van der Waals surface area contributed by atoms with Crippen LogP contribution >= 0.6 is 0 Å². The Morgan fingerprint density at radius 1 is 1.09 bits per heavy atom. The van der Waals surface area contributed by atoms with Gasteiger partial charge in [0.1, 0.15) is 0 Å². The van der Waals surface area contributed by atoms with Gasteiger partial charge in [-0.2, -0.15) is 0 Å². The summed E-state index contributed by atoms with van der Waals surface area (Å²) in [6.45, 7) is 8.54. The van der Waals surface area contributed by atoms with Crippen molar-refractivity contribution >= 4 is 11.8 Å². The van der Waals surface area contributed by atoms with Gasteiger partial charge in [-0.3, -0.25) is 14.5 Å². The fourth-order valence-corrected chi connectivity index (χ4v) is 4.03. The minimum atomic E-state index is 0.0281. The van der Waals surface area contributed by atoms with Crippen molar-refractivity contribution in [3.05, 3.63) is 0 Å². The largest absolute Gasteiger partial charge is 0.383 e. The van der Waals surface area contributed by atoms with E-state index in [0.29, 0.717) is 39.3 Å². The number of ether oxygens (including phenoxy) is 1. The zero-order valence-corrected chi connectivity index (χ0v) is 14.8. The molecule has 2 amide bonds. The maximum Gasteiger partial charge on any atom is 0.236 e. The van der Waals surface area contributed by atoms with Crippen LogP contribution < -0.4 is 0 Å². The normalized spacial score (nSPS) is 25.9. The Balaban J connectivity index is 1.92. The molecule has 6 heteroatoms. The van der Waals surface area contributed by atoms with E-state index in [1.165, 1.54) is 0 Å². The fraction of sp³-hybridized carbons (Fsp3) is 0.882. The first-order valence-corrected chi connectivity index (χ1v) is 8.79. The van der Waals surface area contributed by atoms with E-state index in [-0.39, 0.29) is 17.4 Å². The molecule has 0 N–H and O–H groups in total. The van der Waals surface area contributed by atoms with E-state index in [2.05, 4.69) is 11.8 Å². The molecule has 2 rings (SSSR count). The summed E-state index contributed by atoms with van der Waals surface area (Å²) in [5.74, 6) is 0.283. The highest BCUT2D eigenvalue weighted by Gasteiger charge is 2.41. The van der Waals surface area contributed by atoms with E-state index in [0.717, 1.165) is 32.2 Å². The Morgan fingerprint density at radius 3 is 2.30 bits per heavy atom. The topological polar surface area (TPSA) is 53.1 Å². The molecule has 132 valence electrons. The Bertz CT molecular complexity index is 413. The maximum atomic E-state index is 12.7. The minimum absolute atomic E-state index is 0.0281. The van der Waals surface area contributed by atoms with Gasteiger partial charge in [-0.15, -0.1) is 0 Å². The molecule has 6 nitrogen and oxygen atoms in total. The first-order valence-electron chi connectivity index (χ1n) is 8.79. The van der Waals surface area contributed by atoms with E-state index >= 15 is 0 Å². The van der Waals surface area contributed by atoms with E-state index in [9.17, 15) is 9.59 Å². The van der Waals surface area contributed by atoms with Gasteiger partial charge in [0, 0.05) is 45.8 Å². The zero-order chi connectivity index (χ0) is 16.9. The third-order valence-corrected chi connectivity index (χ3v) is 5.27. The standard InChI is InChI=1S/C17H31N3O3/c1-4-6-17(14-23-3)7-5-8-20(17)13-16(22)19-11-9-18(10-12-19)15(2)21/h4-14H2,1-3H3. The lowest BCUT2D eigenvalue weighted by Gasteiger charge is -2.40. The Kier molecular flexibility index (Phi) is 6.41. The zero-order valence-electron chi connectivity index (χ0n) is 14.8. The summed E-state index contributed by atoms with van der Waals surface area (Å²) in [6.07, 6.45) is 4.42. The van der Waals surface area contributed by atoms with Crippen molar-refractivity contribution < 1.29 is 14.3 Å². The summed E-state index contributed by atoms with van der Waals surface area (Å²) >= 11 is 0. The molecule has 0 radical (unpaired) electrons. The van der Waals surface area contributed by atoms with Crippen LogP contribution in [-0.2, 0) is 14.3 Å². The number of carbonyl (C=O) groups excluding carboxylic acids is 2. The third-order valence-electron chi connectivity index (χ3n) is 5.27. The number of carbonyl (C=O) groups is 2. The highest BCUT2D eigenvalue weighted by Crippen LogP contribution is 2.33. The molecule has 0 aromatic heterocycles. The smallest absolute Gasteiger partial charge is 0.236 e. The molecule has 0 aromatic rings. The van der Waals surface area contributed by atoms with E-state index < -0.39 is 0 Å². The number of amides is 2. The van der Waals surface area contributed by atoms with Crippen LogP contribution in [0.4, 0.5) is 0 Å². The number of rotatable bonds is 6. The van der Waals surface area contributed by atoms with Gasteiger partial charge in [0.25, 0.3) is 0 Å². The first kappa shape index (κ1) is 18.2. The molecule has 0 bridgehead atoms. The summed E-state index contributed by atoms with van der Waals surface area (Å²) in [5, 5.41) is 0. The highest BCUT2D eigenvalue weighted by molar-refractivity contribution is 5.79. The molecular weight excluding hydrogens is 294 g/mol. The van der Waals surface area contributed by atoms with E-state index in [1.54, 1.807) is 14.0 Å². The molecule has 23 heavy (non-hydrogen) atoms.